The maximum Gasteiger partial charge on any atom is 0.221 e. The predicted octanol–water partition coefficient (Wildman–Crippen LogP) is 1.33. The van der Waals surface area contributed by atoms with Gasteiger partial charge >= 0.3 is 0 Å². The van der Waals surface area contributed by atoms with E-state index in [2.05, 4.69) is 4.90 Å². The van der Waals surface area contributed by atoms with E-state index in [1.165, 1.54) is 19.3 Å². The quantitative estimate of drug-likeness (QED) is 0.821. The highest BCUT2D eigenvalue weighted by atomic mass is 16.1. The Kier molecular flexibility index (Phi) is 4.75. The van der Waals surface area contributed by atoms with Crippen LogP contribution in [0, 0.1) is 11.8 Å². The molecule has 1 unspecified atom stereocenters. The summed E-state index contributed by atoms with van der Waals surface area (Å²) in [7, 11) is 0. The first-order chi connectivity index (χ1) is 8.66. The summed E-state index contributed by atoms with van der Waals surface area (Å²) < 4.78 is 0. The Morgan fingerprint density at radius 1 is 1.00 bits per heavy atom. The Labute approximate surface area is 109 Å². The van der Waals surface area contributed by atoms with Gasteiger partial charge in [0.2, 0.25) is 5.91 Å². The molecule has 2 rings (SSSR count). The molecule has 1 saturated heterocycles. The number of likely N-dealkylation sites (tertiary alicyclic amines) is 1. The molecule has 4 heteroatoms. The number of piperidine rings is 1. The van der Waals surface area contributed by atoms with Gasteiger partial charge in [0.1, 0.15) is 5.78 Å². The van der Waals surface area contributed by atoms with Gasteiger partial charge in [0.05, 0.1) is 12.5 Å². The highest BCUT2D eigenvalue weighted by molar-refractivity contribution is 5.83. The van der Waals surface area contributed by atoms with Crippen LogP contribution in [0.25, 0.3) is 0 Å². The first kappa shape index (κ1) is 13.5. The number of hydrogen-bond donors (Lipinski definition) is 1. The van der Waals surface area contributed by atoms with Crippen molar-refractivity contribution in [2.45, 2.75) is 44.9 Å². The van der Waals surface area contributed by atoms with Gasteiger partial charge in [0.25, 0.3) is 0 Å². The number of amides is 1. The van der Waals surface area contributed by atoms with Crippen LogP contribution in [-0.2, 0) is 9.59 Å². The molecule has 1 aliphatic carbocycles. The number of hydrogen-bond acceptors (Lipinski definition) is 3. The second-order valence-corrected chi connectivity index (χ2v) is 5.78. The molecule has 1 atom stereocenters. The van der Waals surface area contributed by atoms with E-state index in [1.807, 2.05) is 0 Å². The van der Waals surface area contributed by atoms with Crippen molar-refractivity contribution < 1.29 is 9.59 Å². The van der Waals surface area contributed by atoms with Crippen LogP contribution in [0.4, 0.5) is 0 Å². The molecule has 18 heavy (non-hydrogen) atoms. The fourth-order valence-corrected chi connectivity index (χ4v) is 3.21. The monoisotopic (exact) mass is 252 g/mol. The van der Waals surface area contributed by atoms with Crippen molar-refractivity contribution in [3.63, 3.8) is 0 Å². The summed E-state index contributed by atoms with van der Waals surface area (Å²) >= 11 is 0. The van der Waals surface area contributed by atoms with E-state index in [-0.39, 0.29) is 17.7 Å². The number of ketones is 1. The molecule has 1 heterocycles. The molecule has 1 amide bonds. The fourth-order valence-electron chi connectivity index (χ4n) is 3.21. The van der Waals surface area contributed by atoms with Crippen molar-refractivity contribution in [3.8, 4) is 0 Å². The zero-order valence-corrected chi connectivity index (χ0v) is 11.1. The minimum Gasteiger partial charge on any atom is -0.369 e. The van der Waals surface area contributed by atoms with E-state index in [9.17, 15) is 9.59 Å². The molecule has 0 bridgehead atoms. The zero-order chi connectivity index (χ0) is 13.0. The first-order valence-electron chi connectivity index (χ1n) is 7.21. The maximum absolute atomic E-state index is 12.2. The SMILES string of the molecule is NC(=O)C1CCCN(CC(=O)C2CCCCC2)C1. The first-order valence-corrected chi connectivity index (χ1v) is 7.21. The lowest BCUT2D eigenvalue weighted by atomic mass is 9.85. The van der Waals surface area contributed by atoms with Crippen LogP contribution in [0.3, 0.4) is 0 Å². The highest BCUT2D eigenvalue weighted by Gasteiger charge is 2.27. The Morgan fingerprint density at radius 2 is 1.67 bits per heavy atom. The van der Waals surface area contributed by atoms with E-state index >= 15 is 0 Å². The van der Waals surface area contributed by atoms with Crippen LogP contribution < -0.4 is 5.73 Å². The van der Waals surface area contributed by atoms with Crippen molar-refractivity contribution in [1.29, 1.82) is 0 Å². The summed E-state index contributed by atoms with van der Waals surface area (Å²) in [6, 6.07) is 0. The molecular formula is C14H24N2O2. The summed E-state index contributed by atoms with van der Waals surface area (Å²) in [5.74, 6) is 0.371. The molecule has 1 aliphatic heterocycles. The second-order valence-electron chi connectivity index (χ2n) is 5.78. The number of Topliss-reactive ketones (excluding diaryl/α,β-unsaturated/α-hetero) is 1. The molecule has 0 aromatic heterocycles. The molecular weight excluding hydrogens is 228 g/mol. The van der Waals surface area contributed by atoms with E-state index in [0.717, 1.165) is 32.2 Å². The molecule has 2 N–H and O–H groups in total. The van der Waals surface area contributed by atoms with Crippen molar-refractivity contribution in [1.82, 2.24) is 4.90 Å². The van der Waals surface area contributed by atoms with Crippen LogP contribution in [-0.4, -0.2) is 36.2 Å². The molecule has 0 radical (unpaired) electrons. The lowest BCUT2D eigenvalue weighted by molar-refractivity contribution is -0.128. The Morgan fingerprint density at radius 3 is 2.33 bits per heavy atom. The Bertz CT molecular complexity index is 311. The highest BCUT2D eigenvalue weighted by Crippen LogP contribution is 2.25. The third-order valence-electron chi connectivity index (χ3n) is 4.35. The van der Waals surface area contributed by atoms with Gasteiger partial charge in [-0.25, -0.2) is 0 Å². The van der Waals surface area contributed by atoms with Gasteiger partial charge in [-0.05, 0) is 32.2 Å². The summed E-state index contributed by atoms with van der Waals surface area (Å²) in [4.78, 5) is 25.5. The number of nitrogens with two attached hydrogens (primary N) is 1. The van der Waals surface area contributed by atoms with E-state index in [4.69, 9.17) is 5.73 Å². The van der Waals surface area contributed by atoms with Gasteiger partial charge in [-0.3, -0.25) is 14.5 Å². The molecule has 2 aliphatic rings. The average molecular weight is 252 g/mol. The fraction of sp³-hybridized carbons (Fsp3) is 0.857. The third kappa shape index (κ3) is 3.55. The number of rotatable bonds is 4. The standard InChI is InChI=1S/C14H24N2O2/c15-14(18)12-7-4-8-16(9-12)10-13(17)11-5-2-1-3-6-11/h11-12H,1-10H2,(H2,15,18). The minimum atomic E-state index is -0.218. The summed E-state index contributed by atoms with van der Waals surface area (Å²) in [6.45, 7) is 2.13. The van der Waals surface area contributed by atoms with E-state index in [1.54, 1.807) is 0 Å². The van der Waals surface area contributed by atoms with Gasteiger partial charge in [-0.1, -0.05) is 19.3 Å². The van der Waals surface area contributed by atoms with E-state index in [0.29, 0.717) is 18.9 Å². The third-order valence-corrected chi connectivity index (χ3v) is 4.35. The Balaban J connectivity index is 1.81. The number of carbonyl (C=O) groups excluding carboxylic acids is 2. The Hall–Kier alpha value is -0.900. The summed E-state index contributed by atoms with van der Waals surface area (Å²) in [5.41, 5.74) is 5.35. The second kappa shape index (κ2) is 6.32. The van der Waals surface area contributed by atoms with Crippen molar-refractivity contribution >= 4 is 11.7 Å². The molecule has 102 valence electrons. The van der Waals surface area contributed by atoms with Gasteiger partial charge in [-0.2, -0.15) is 0 Å². The number of carbonyl (C=O) groups is 2. The molecule has 2 fully saturated rings. The van der Waals surface area contributed by atoms with Gasteiger partial charge < -0.3 is 5.73 Å². The molecule has 4 nitrogen and oxygen atoms in total. The lowest BCUT2D eigenvalue weighted by Crippen LogP contribution is -2.44. The lowest BCUT2D eigenvalue weighted by Gasteiger charge is -2.32. The van der Waals surface area contributed by atoms with Crippen LogP contribution in [0.2, 0.25) is 0 Å². The van der Waals surface area contributed by atoms with Crippen LogP contribution in [0.1, 0.15) is 44.9 Å². The van der Waals surface area contributed by atoms with Gasteiger partial charge in [0.15, 0.2) is 0 Å². The number of primary amides is 1. The van der Waals surface area contributed by atoms with Crippen molar-refractivity contribution in [2.75, 3.05) is 19.6 Å². The molecule has 0 aromatic rings. The van der Waals surface area contributed by atoms with Crippen LogP contribution in [0.15, 0.2) is 0 Å². The number of nitrogens with zero attached hydrogens (tertiary/aromatic N) is 1. The zero-order valence-electron chi connectivity index (χ0n) is 11.1. The largest absolute Gasteiger partial charge is 0.369 e. The van der Waals surface area contributed by atoms with Crippen molar-refractivity contribution in [2.24, 2.45) is 17.6 Å². The van der Waals surface area contributed by atoms with Crippen LogP contribution in [0.5, 0.6) is 0 Å². The summed E-state index contributed by atoms with van der Waals surface area (Å²) in [5, 5.41) is 0. The topological polar surface area (TPSA) is 63.4 Å². The minimum absolute atomic E-state index is 0.0575. The average Bonchev–Trinajstić information content (AvgIpc) is 2.40. The van der Waals surface area contributed by atoms with Crippen LogP contribution >= 0.6 is 0 Å². The normalized spacial score (nSPS) is 27.0. The van der Waals surface area contributed by atoms with Gasteiger partial charge in [0, 0.05) is 12.5 Å². The smallest absolute Gasteiger partial charge is 0.221 e. The molecule has 1 saturated carbocycles. The van der Waals surface area contributed by atoms with Gasteiger partial charge in [-0.15, -0.1) is 0 Å². The van der Waals surface area contributed by atoms with Crippen molar-refractivity contribution in [3.05, 3.63) is 0 Å². The molecule has 0 spiro atoms. The van der Waals surface area contributed by atoms with E-state index < -0.39 is 0 Å². The predicted molar refractivity (Wildman–Crippen MR) is 69.9 cm³/mol. The maximum atomic E-state index is 12.2. The summed E-state index contributed by atoms with van der Waals surface area (Å²) in [6.07, 6.45) is 7.64. The molecule has 0 aromatic carbocycles.